The zero-order valence-corrected chi connectivity index (χ0v) is 10.8. The van der Waals surface area contributed by atoms with Crippen LogP contribution in [0.3, 0.4) is 0 Å². The third-order valence-electron chi connectivity index (χ3n) is 2.48. The van der Waals surface area contributed by atoms with Gasteiger partial charge in [0.1, 0.15) is 0 Å². The van der Waals surface area contributed by atoms with E-state index in [0.29, 0.717) is 11.0 Å². The Balaban J connectivity index is 2.37. The lowest BCUT2D eigenvalue weighted by Crippen LogP contribution is -2.10. The van der Waals surface area contributed by atoms with E-state index in [4.69, 9.17) is 11.6 Å². The Kier molecular flexibility index (Phi) is 3.40. The van der Waals surface area contributed by atoms with Crippen LogP contribution < -0.4 is 5.32 Å². The monoisotopic (exact) mass is 251 g/mol. The van der Waals surface area contributed by atoms with Crippen LogP contribution in [0.4, 0.5) is 0 Å². The van der Waals surface area contributed by atoms with Gasteiger partial charge in [-0.2, -0.15) is 5.10 Å². The third-order valence-corrected chi connectivity index (χ3v) is 2.85. The van der Waals surface area contributed by atoms with Gasteiger partial charge in [0, 0.05) is 24.0 Å². The Morgan fingerprint density at radius 3 is 2.65 bits per heavy atom. The first-order chi connectivity index (χ1) is 8.11. The average molecular weight is 252 g/mol. The molecule has 0 bridgehead atoms. The van der Waals surface area contributed by atoms with Gasteiger partial charge < -0.3 is 5.32 Å². The zero-order chi connectivity index (χ0) is 12.4. The SMILES string of the molecule is CNCc1cnc(-n2cc(Cl)c(C)n2)nc1C. The fourth-order valence-corrected chi connectivity index (χ4v) is 1.63. The highest BCUT2D eigenvalue weighted by Gasteiger charge is 2.08. The van der Waals surface area contributed by atoms with Crippen LogP contribution in [0.15, 0.2) is 12.4 Å². The lowest BCUT2D eigenvalue weighted by molar-refractivity contribution is 0.759. The topological polar surface area (TPSA) is 55.6 Å². The second kappa shape index (κ2) is 4.81. The van der Waals surface area contributed by atoms with E-state index in [0.717, 1.165) is 23.5 Å². The number of rotatable bonds is 3. The van der Waals surface area contributed by atoms with Crippen LogP contribution in [0, 0.1) is 13.8 Å². The summed E-state index contributed by atoms with van der Waals surface area (Å²) in [5, 5.41) is 7.93. The maximum atomic E-state index is 5.95. The molecule has 0 saturated heterocycles. The zero-order valence-electron chi connectivity index (χ0n) is 10.0. The molecule has 2 aromatic heterocycles. The van der Waals surface area contributed by atoms with Gasteiger partial charge in [-0.15, -0.1) is 0 Å². The van der Waals surface area contributed by atoms with Crippen molar-refractivity contribution in [2.24, 2.45) is 0 Å². The molecular formula is C11H14ClN5. The van der Waals surface area contributed by atoms with E-state index in [2.05, 4.69) is 20.4 Å². The summed E-state index contributed by atoms with van der Waals surface area (Å²) in [6.07, 6.45) is 3.52. The Labute approximate surface area is 105 Å². The van der Waals surface area contributed by atoms with Crippen LogP contribution in [0.1, 0.15) is 17.0 Å². The van der Waals surface area contributed by atoms with E-state index in [9.17, 15) is 0 Å². The number of hydrogen-bond acceptors (Lipinski definition) is 4. The Bertz CT molecular complexity index is 515. The van der Waals surface area contributed by atoms with Gasteiger partial charge in [0.05, 0.1) is 16.9 Å². The van der Waals surface area contributed by atoms with E-state index in [1.54, 1.807) is 17.1 Å². The van der Waals surface area contributed by atoms with Crippen LogP contribution in [-0.2, 0) is 6.54 Å². The molecular weight excluding hydrogens is 238 g/mol. The maximum Gasteiger partial charge on any atom is 0.250 e. The smallest absolute Gasteiger partial charge is 0.250 e. The summed E-state index contributed by atoms with van der Waals surface area (Å²) in [5.41, 5.74) is 2.78. The second-order valence-electron chi connectivity index (χ2n) is 3.82. The van der Waals surface area contributed by atoms with Crippen LogP contribution in [-0.4, -0.2) is 26.8 Å². The summed E-state index contributed by atoms with van der Waals surface area (Å²) >= 11 is 5.95. The molecule has 0 aliphatic rings. The van der Waals surface area contributed by atoms with Crippen LogP contribution in [0.2, 0.25) is 5.02 Å². The van der Waals surface area contributed by atoms with Crippen molar-refractivity contribution < 1.29 is 0 Å². The molecule has 0 atom stereocenters. The minimum absolute atomic E-state index is 0.539. The molecule has 6 heteroatoms. The molecule has 2 heterocycles. The van der Waals surface area contributed by atoms with Gasteiger partial charge in [0.25, 0.3) is 5.95 Å². The van der Waals surface area contributed by atoms with Crippen molar-refractivity contribution in [3.05, 3.63) is 34.4 Å². The summed E-state index contributed by atoms with van der Waals surface area (Å²) in [4.78, 5) is 8.68. The van der Waals surface area contributed by atoms with Gasteiger partial charge >= 0.3 is 0 Å². The molecule has 1 N–H and O–H groups in total. The first-order valence-corrected chi connectivity index (χ1v) is 5.69. The van der Waals surface area contributed by atoms with Crippen LogP contribution in [0.25, 0.3) is 5.95 Å². The highest BCUT2D eigenvalue weighted by molar-refractivity contribution is 6.31. The van der Waals surface area contributed by atoms with Crippen molar-refractivity contribution in [3.63, 3.8) is 0 Å². The largest absolute Gasteiger partial charge is 0.316 e. The maximum absolute atomic E-state index is 5.95. The predicted octanol–water partition coefficient (Wildman–Crippen LogP) is 1.65. The molecule has 0 fully saturated rings. The van der Waals surface area contributed by atoms with Crippen LogP contribution in [0.5, 0.6) is 0 Å². The Morgan fingerprint density at radius 2 is 2.12 bits per heavy atom. The molecule has 0 aliphatic heterocycles. The summed E-state index contributed by atoms with van der Waals surface area (Å²) in [5.74, 6) is 0.539. The van der Waals surface area contributed by atoms with Gasteiger partial charge in [-0.3, -0.25) is 0 Å². The fraction of sp³-hybridized carbons (Fsp3) is 0.364. The normalized spacial score (nSPS) is 10.8. The van der Waals surface area contributed by atoms with E-state index in [1.165, 1.54) is 0 Å². The lowest BCUT2D eigenvalue weighted by atomic mass is 10.2. The summed E-state index contributed by atoms with van der Waals surface area (Å²) < 4.78 is 1.59. The highest BCUT2D eigenvalue weighted by atomic mass is 35.5. The first-order valence-electron chi connectivity index (χ1n) is 5.31. The van der Waals surface area contributed by atoms with Crippen LogP contribution >= 0.6 is 11.6 Å². The average Bonchev–Trinajstić information content (AvgIpc) is 2.62. The second-order valence-corrected chi connectivity index (χ2v) is 4.23. The minimum Gasteiger partial charge on any atom is -0.316 e. The van der Waals surface area contributed by atoms with E-state index >= 15 is 0 Å². The van der Waals surface area contributed by atoms with Gasteiger partial charge in [-0.1, -0.05) is 11.6 Å². The summed E-state index contributed by atoms with van der Waals surface area (Å²) in [6.45, 7) is 4.56. The Hall–Kier alpha value is -1.46. The van der Waals surface area contributed by atoms with Gasteiger partial charge in [0.2, 0.25) is 0 Å². The van der Waals surface area contributed by atoms with E-state index in [1.807, 2.05) is 20.9 Å². The molecule has 0 spiro atoms. The van der Waals surface area contributed by atoms with Gasteiger partial charge in [-0.05, 0) is 20.9 Å². The van der Waals surface area contributed by atoms with Gasteiger partial charge in [0.15, 0.2) is 0 Å². The fourth-order valence-electron chi connectivity index (χ4n) is 1.50. The third kappa shape index (κ3) is 2.45. The molecule has 0 unspecified atom stereocenters. The number of nitrogens with one attached hydrogen (secondary N) is 1. The van der Waals surface area contributed by atoms with Crippen molar-refractivity contribution >= 4 is 11.6 Å². The minimum atomic E-state index is 0.539. The van der Waals surface area contributed by atoms with Crippen molar-refractivity contribution in [2.45, 2.75) is 20.4 Å². The number of hydrogen-bond donors (Lipinski definition) is 1. The molecule has 0 aliphatic carbocycles. The molecule has 0 radical (unpaired) electrons. The highest BCUT2D eigenvalue weighted by Crippen LogP contribution is 2.14. The van der Waals surface area contributed by atoms with Crippen molar-refractivity contribution in [2.75, 3.05) is 7.05 Å². The summed E-state index contributed by atoms with van der Waals surface area (Å²) in [7, 11) is 1.89. The molecule has 90 valence electrons. The van der Waals surface area contributed by atoms with Crippen molar-refractivity contribution in [3.8, 4) is 5.95 Å². The first kappa shape index (κ1) is 12.0. The molecule has 0 amide bonds. The molecule has 2 aromatic rings. The molecule has 5 nitrogen and oxygen atoms in total. The quantitative estimate of drug-likeness (QED) is 0.901. The standard InChI is InChI=1S/C11H14ClN5/c1-7-9(4-13-3)5-14-11(15-7)17-6-10(12)8(2)16-17/h5-6,13H,4H2,1-3H3. The number of aromatic nitrogens is 4. The predicted molar refractivity (Wildman–Crippen MR) is 66.4 cm³/mol. The number of halogens is 1. The van der Waals surface area contributed by atoms with E-state index < -0.39 is 0 Å². The van der Waals surface area contributed by atoms with E-state index in [-0.39, 0.29) is 0 Å². The number of nitrogens with zero attached hydrogens (tertiary/aromatic N) is 4. The molecule has 0 aromatic carbocycles. The lowest BCUT2D eigenvalue weighted by Gasteiger charge is -2.05. The van der Waals surface area contributed by atoms with Crippen molar-refractivity contribution in [1.82, 2.24) is 25.1 Å². The number of aryl methyl sites for hydroxylation is 2. The molecule has 0 saturated carbocycles. The Morgan fingerprint density at radius 1 is 1.35 bits per heavy atom. The molecule has 17 heavy (non-hydrogen) atoms. The molecule has 2 rings (SSSR count). The van der Waals surface area contributed by atoms with Gasteiger partial charge in [-0.25, -0.2) is 14.6 Å². The van der Waals surface area contributed by atoms with Crippen molar-refractivity contribution in [1.29, 1.82) is 0 Å². The summed E-state index contributed by atoms with van der Waals surface area (Å²) in [6, 6.07) is 0.